The van der Waals surface area contributed by atoms with Crippen LogP contribution in [0.15, 0.2) is 30.3 Å². The van der Waals surface area contributed by atoms with Crippen LogP contribution < -0.4 is 4.74 Å². The summed E-state index contributed by atoms with van der Waals surface area (Å²) >= 11 is 0. The van der Waals surface area contributed by atoms with Gasteiger partial charge in [-0.2, -0.15) is 5.10 Å². The molecule has 0 spiro atoms. The molecule has 1 atom stereocenters. The third-order valence-corrected chi connectivity index (χ3v) is 5.47. The molecule has 0 radical (unpaired) electrons. The Morgan fingerprint density at radius 2 is 1.93 bits per heavy atom. The second kappa shape index (κ2) is 9.25. The number of aromatic nitrogens is 2. The molecule has 0 bridgehead atoms. The largest absolute Gasteiger partial charge is 0.484 e. The predicted molar refractivity (Wildman–Crippen MR) is 106 cm³/mol. The average molecular weight is 416 g/mol. The minimum Gasteiger partial charge on any atom is -0.484 e. The number of nitrogens with one attached hydrogen (secondary N) is 1. The summed E-state index contributed by atoms with van der Waals surface area (Å²) in [7, 11) is 0. The minimum atomic E-state index is -0.355. The number of carbonyl (C=O) groups is 2. The third kappa shape index (κ3) is 4.62. The normalized spacial score (nSPS) is 19.6. The topological polar surface area (TPSA) is 87.8 Å². The van der Waals surface area contributed by atoms with Gasteiger partial charge in [0, 0.05) is 19.6 Å². The van der Waals surface area contributed by atoms with Crippen molar-refractivity contribution in [3.8, 4) is 5.75 Å². The lowest BCUT2D eigenvalue weighted by Crippen LogP contribution is -2.41. The van der Waals surface area contributed by atoms with Gasteiger partial charge in [0.05, 0.1) is 24.9 Å². The molecule has 8 nitrogen and oxygen atoms in total. The number of H-pyrrole nitrogens is 1. The van der Waals surface area contributed by atoms with Crippen molar-refractivity contribution in [2.24, 2.45) is 0 Å². The van der Waals surface area contributed by atoms with E-state index < -0.39 is 0 Å². The Balaban J connectivity index is 1.41. The van der Waals surface area contributed by atoms with Crippen molar-refractivity contribution in [1.29, 1.82) is 0 Å². The maximum absolute atomic E-state index is 13.0. The second-order valence-electron chi connectivity index (χ2n) is 7.45. The lowest BCUT2D eigenvalue weighted by molar-refractivity contribution is -0.137. The fourth-order valence-corrected chi connectivity index (χ4v) is 3.86. The van der Waals surface area contributed by atoms with Crippen LogP contribution in [0.2, 0.25) is 0 Å². The van der Waals surface area contributed by atoms with Crippen molar-refractivity contribution in [2.45, 2.75) is 25.3 Å². The number of amides is 2. The Labute approximate surface area is 173 Å². The van der Waals surface area contributed by atoms with Gasteiger partial charge in [-0.25, -0.2) is 4.39 Å². The highest BCUT2D eigenvalue weighted by Crippen LogP contribution is 2.30. The summed E-state index contributed by atoms with van der Waals surface area (Å²) in [6, 6.07) is 7.14. The molecule has 2 amide bonds. The van der Waals surface area contributed by atoms with Crippen LogP contribution in [0, 0.1) is 5.82 Å². The summed E-state index contributed by atoms with van der Waals surface area (Å²) in [6.07, 6.45) is 2.68. The van der Waals surface area contributed by atoms with Gasteiger partial charge in [-0.05, 0) is 49.6 Å². The molecule has 2 fully saturated rings. The lowest BCUT2D eigenvalue weighted by atomic mass is 9.99. The number of carbonyl (C=O) groups excluding carboxylic acids is 2. The fourth-order valence-electron chi connectivity index (χ4n) is 3.86. The minimum absolute atomic E-state index is 0.129. The van der Waals surface area contributed by atoms with Crippen LogP contribution in [0.5, 0.6) is 5.75 Å². The summed E-state index contributed by atoms with van der Waals surface area (Å²) in [4.78, 5) is 29.0. The van der Waals surface area contributed by atoms with Gasteiger partial charge in [-0.1, -0.05) is 0 Å². The first-order valence-corrected chi connectivity index (χ1v) is 10.2. The van der Waals surface area contributed by atoms with E-state index in [0.717, 1.165) is 25.0 Å². The number of hydrogen-bond donors (Lipinski definition) is 1. The zero-order valence-electron chi connectivity index (χ0n) is 16.7. The van der Waals surface area contributed by atoms with Crippen LogP contribution in [-0.2, 0) is 9.53 Å². The summed E-state index contributed by atoms with van der Waals surface area (Å²) in [5, 5.41) is 7.16. The van der Waals surface area contributed by atoms with Gasteiger partial charge in [0.2, 0.25) is 0 Å². The van der Waals surface area contributed by atoms with Crippen molar-refractivity contribution in [1.82, 2.24) is 20.0 Å². The standard InChI is InChI=1S/C21H25FN4O4/c22-15-4-6-16(7-5-15)30-14-20(27)26-8-2-1-3-19(26)17-13-18(24-23-17)21(28)25-9-11-29-12-10-25/h4-7,13,19H,1-3,8-12,14H2,(H,23,24)/t19-/m0/s1. The Morgan fingerprint density at radius 3 is 2.70 bits per heavy atom. The van der Waals surface area contributed by atoms with Crippen LogP contribution in [-0.4, -0.2) is 71.3 Å². The molecule has 2 saturated heterocycles. The summed E-state index contributed by atoms with van der Waals surface area (Å²) in [5.41, 5.74) is 1.11. The Morgan fingerprint density at radius 1 is 1.17 bits per heavy atom. The van der Waals surface area contributed by atoms with Gasteiger partial charge in [0.15, 0.2) is 6.61 Å². The first-order chi connectivity index (χ1) is 14.6. The maximum atomic E-state index is 13.0. The van der Waals surface area contributed by atoms with Crippen LogP contribution in [0.4, 0.5) is 4.39 Å². The number of nitrogens with zero attached hydrogens (tertiary/aromatic N) is 3. The van der Waals surface area contributed by atoms with E-state index in [1.807, 2.05) is 0 Å². The molecule has 1 aromatic carbocycles. The molecule has 0 saturated carbocycles. The first kappa shape index (κ1) is 20.3. The Kier molecular flexibility index (Phi) is 6.27. The molecule has 3 heterocycles. The number of piperidine rings is 1. The quantitative estimate of drug-likeness (QED) is 0.807. The van der Waals surface area contributed by atoms with E-state index >= 15 is 0 Å². The highest BCUT2D eigenvalue weighted by Gasteiger charge is 2.31. The number of likely N-dealkylation sites (tertiary alicyclic amines) is 1. The van der Waals surface area contributed by atoms with E-state index in [1.165, 1.54) is 24.3 Å². The number of rotatable bonds is 5. The molecule has 0 aliphatic carbocycles. The van der Waals surface area contributed by atoms with Gasteiger partial charge >= 0.3 is 0 Å². The number of hydrogen-bond acceptors (Lipinski definition) is 5. The molecule has 0 unspecified atom stereocenters. The summed E-state index contributed by atoms with van der Waals surface area (Å²) < 4.78 is 23.8. The first-order valence-electron chi connectivity index (χ1n) is 10.2. The molecule has 2 aliphatic rings. The van der Waals surface area contributed by atoms with Crippen molar-refractivity contribution in [2.75, 3.05) is 39.5 Å². The van der Waals surface area contributed by atoms with Gasteiger partial charge < -0.3 is 19.3 Å². The fraction of sp³-hybridized carbons (Fsp3) is 0.476. The van der Waals surface area contributed by atoms with E-state index in [1.54, 1.807) is 15.9 Å². The van der Waals surface area contributed by atoms with Crippen LogP contribution >= 0.6 is 0 Å². The number of halogens is 1. The number of ether oxygens (including phenoxy) is 2. The third-order valence-electron chi connectivity index (χ3n) is 5.47. The SMILES string of the molecule is O=C(c1cc([C@@H]2CCCCN2C(=O)COc2ccc(F)cc2)[nH]n1)N1CCOCC1. The zero-order chi connectivity index (χ0) is 20.9. The van der Waals surface area contributed by atoms with Gasteiger partial charge in [0.25, 0.3) is 11.8 Å². The maximum Gasteiger partial charge on any atom is 0.274 e. The van der Waals surface area contributed by atoms with E-state index in [0.29, 0.717) is 44.3 Å². The second-order valence-corrected chi connectivity index (χ2v) is 7.45. The van der Waals surface area contributed by atoms with Crippen molar-refractivity contribution in [3.63, 3.8) is 0 Å². The molecule has 2 aliphatic heterocycles. The van der Waals surface area contributed by atoms with Gasteiger partial charge in [0.1, 0.15) is 17.3 Å². The Hall–Kier alpha value is -2.94. The molecule has 30 heavy (non-hydrogen) atoms. The lowest BCUT2D eigenvalue weighted by Gasteiger charge is -2.35. The predicted octanol–water partition coefficient (Wildman–Crippen LogP) is 2.15. The monoisotopic (exact) mass is 416 g/mol. The molecular weight excluding hydrogens is 391 g/mol. The summed E-state index contributed by atoms with van der Waals surface area (Å²) in [5.74, 6) is -0.196. The number of aromatic amines is 1. The zero-order valence-corrected chi connectivity index (χ0v) is 16.7. The van der Waals surface area contributed by atoms with E-state index in [2.05, 4.69) is 10.2 Å². The Bertz CT molecular complexity index is 879. The molecule has 9 heteroatoms. The van der Waals surface area contributed by atoms with Crippen molar-refractivity contribution < 1.29 is 23.5 Å². The molecule has 160 valence electrons. The number of morpholine rings is 1. The molecule has 2 aromatic rings. The highest BCUT2D eigenvalue weighted by atomic mass is 19.1. The highest BCUT2D eigenvalue weighted by molar-refractivity contribution is 5.92. The van der Waals surface area contributed by atoms with E-state index in [-0.39, 0.29) is 30.3 Å². The molecule has 1 aromatic heterocycles. The smallest absolute Gasteiger partial charge is 0.274 e. The molecule has 4 rings (SSSR count). The molecular formula is C21H25FN4O4. The average Bonchev–Trinajstić information content (AvgIpc) is 3.29. The van der Waals surface area contributed by atoms with E-state index in [4.69, 9.17) is 9.47 Å². The summed E-state index contributed by atoms with van der Waals surface area (Å²) in [6.45, 7) is 2.65. The molecule has 1 N–H and O–H groups in total. The van der Waals surface area contributed by atoms with Gasteiger partial charge in [-0.3, -0.25) is 14.7 Å². The van der Waals surface area contributed by atoms with Crippen LogP contribution in [0.1, 0.15) is 41.5 Å². The van der Waals surface area contributed by atoms with Gasteiger partial charge in [-0.15, -0.1) is 0 Å². The van der Waals surface area contributed by atoms with E-state index in [9.17, 15) is 14.0 Å². The van der Waals surface area contributed by atoms with Crippen molar-refractivity contribution in [3.05, 3.63) is 47.5 Å². The van der Waals surface area contributed by atoms with Crippen molar-refractivity contribution >= 4 is 11.8 Å². The van der Waals surface area contributed by atoms with Crippen LogP contribution in [0.3, 0.4) is 0 Å². The number of benzene rings is 1. The van der Waals surface area contributed by atoms with Crippen LogP contribution in [0.25, 0.3) is 0 Å².